The van der Waals surface area contributed by atoms with Crippen LogP contribution in [-0.4, -0.2) is 44.7 Å². The van der Waals surface area contributed by atoms with Crippen LogP contribution in [0.4, 0.5) is 9.18 Å². The second-order valence-electron chi connectivity index (χ2n) is 6.05. The van der Waals surface area contributed by atoms with Crippen molar-refractivity contribution in [2.24, 2.45) is 0 Å². The van der Waals surface area contributed by atoms with Crippen molar-refractivity contribution >= 4 is 6.03 Å². The second kappa shape index (κ2) is 6.89. The fraction of sp³-hybridized carbons (Fsp3) is 0.562. The summed E-state index contributed by atoms with van der Waals surface area (Å²) in [5.74, 6) is -0.221. The van der Waals surface area contributed by atoms with Crippen molar-refractivity contribution in [3.8, 4) is 0 Å². The van der Waals surface area contributed by atoms with Gasteiger partial charge in [-0.2, -0.15) is 0 Å². The average Bonchev–Trinajstić information content (AvgIpc) is 3.23. The third kappa shape index (κ3) is 4.70. The van der Waals surface area contributed by atoms with Crippen LogP contribution in [0.1, 0.15) is 24.8 Å². The fourth-order valence-electron chi connectivity index (χ4n) is 2.43. The van der Waals surface area contributed by atoms with E-state index in [1.807, 2.05) is 26.2 Å². The Hall–Kier alpha value is -1.62. The summed E-state index contributed by atoms with van der Waals surface area (Å²) in [6, 6.07) is 6.48. The lowest BCUT2D eigenvalue weighted by molar-refractivity contribution is 0.239. The van der Waals surface area contributed by atoms with Gasteiger partial charge in [-0.25, -0.2) is 9.18 Å². The lowest BCUT2D eigenvalue weighted by Crippen LogP contribution is -2.40. The van der Waals surface area contributed by atoms with Crippen molar-refractivity contribution in [3.05, 3.63) is 35.6 Å². The Kier molecular flexibility index (Phi) is 5.17. The number of nitrogens with one attached hydrogen (secondary N) is 2. The highest BCUT2D eigenvalue weighted by molar-refractivity contribution is 5.74. The Labute approximate surface area is 125 Å². The van der Waals surface area contributed by atoms with Crippen LogP contribution in [0.5, 0.6) is 0 Å². The highest BCUT2D eigenvalue weighted by atomic mass is 19.1. The summed E-state index contributed by atoms with van der Waals surface area (Å²) in [6.45, 7) is 2.24. The van der Waals surface area contributed by atoms with Gasteiger partial charge in [0.25, 0.3) is 0 Å². The third-order valence-electron chi connectivity index (χ3n) is 3.97. The quantitative estimate of drug-likeness (QED) is 0.756. The predicted molar refractivity (Wildman–Crippen MR) is 81.9 cm³/mol. The number of benzene rings is 1. The van der Waals surface area contributed by atoms with E-state index in [0.717, 1.165) is 31.4 Å². The largest absolute Gasteiger partial charge is 0.338 e. The number of amides is 2. The monoisotopic (exact) mass is 293 g/mol. The fourth-order valence-corrected chi connectivity index (χ4v) is 2.43. The molecule has 0 radical (unpaired) electrons. The SMILES string of the molecule is CN(C)CCCNC(=O)NCC1(c2ccc(F)cc2)CC1. The van der Waals surface area contributed by atoms with Gasteiger partial charge in [0.1, 0.15) is 5.82 Å². The van der Waals surface area contributed by atoms with E-state index < -0.39 is 0 Å². The van der Waals surface area contributed by atoms with Crippen molar-refractivity contribution in [3.63, 3.8) is 0 Å². The molecule has 1 fully saturated rings. The van der Waals surface area contributed by atoms with Crippen LogP contribution < -0.4 is 10.6 Å². The van der Waals surface area contributed by atoms with Crippen LogP contribution in [-0.2, 0) is 5.41 Å². The van der Waals surface area contributed by atoms with E-state index in [2.05, 4.69) is 15.5 Å². The molecule has 0 aromatic heterocycles. The molecular weight excluding hydrogens is 269 g/mol. The number of hydrogen-bond donors (Lipinski definition) is 2. The van der Waals surface area contributed by atoms with Gasteiger partial charge in [0.05, 0.1) is 0 Å². The van der Waals surface area contributed by atoms with Crippen LogP contribution in [0, 0.1) is 5.82 Å². The first-order valence-electron chi connectivity index (χ1n) is 7.44. The zero-order valence-electron chi connectivity index (χ0n) is 12.8. The first kappa shape index (κ1) is 15.8. The minimum absolute atomic E-state index is 0.00861. The zero-order chi connectivity index (χ0) is 15.3. The van der Waals surface area contributed by atoms with E-state index in [1.54, 1.807) is 0 Å². The molecule has 2 N–H and O–H groups in total. The second-order valence-corrected chi connectivity index (χ2v) is 6.05. The molecule has 1 aromatic carbocycles. The van der Waals surface area contributed by atoms with Crippen LogP contribution in [0.3, 0.4) is 0 Å². The maximum absolute atomic E-state index is 13.0. The van der Waals surface area contributed by atoms with Gasteiger partial charge in [-0.15, -0.1) is 0 Å². The van der Waals surface area contributed by atoms with E-state index >= 15 is 0 Å². The smallest absolute Gasteiger partial charge is 0.314 e. The van der Waals surface area contributed by atoms with Crippen molar-refractivity contribution in [1.29, 1.82) is 0 Å². The van der Waals surface area contributed by atoms with Gasteiger partial charge in [0.15, 0.2) is 0 Å². The molecule has 4 nitrogen and oxygen atoms in total. The van der Waals surface area contributed by atoms with E-state index in [4.69, 9.17) is 0 Å². The van der Waals surface area contributed by atoms with Crippen molar-refractivity contribution in [2.75, 3.05) is 33.7 Å². The van der Waals surface area contributed by atoms with E-state index in [0.29, 0.717) is 13.1 Å². The first-order chi connectivity index (χ1) is 10.0. The number of carbonyl (C=O) groups is 1. The third-order valence-corrected chi connectivity index (χ3v) is 3.97. The maximum Gasteiger partial charge on any atom is 0.314 e. The maximum atomic E-state index is 13.0. The first-order valence-corrected chi connectivity index (χ1v) is 7.44. The zero-order valence-corrected chi connectivity index (χ0v) is 12.8. The summed E-state index contributed by atoms with van der Waals surface area (Å²) in [6.07, 6.45) is 3.02. The molecule has 1 aliphatic carbocycles. The molecule has 0 heterocycles. The molecule has 0 atom stereocenters. The summed E-state index contributed by atoms with van der Waals surface area (Å²) in [5.41, 5.74) is 1.12. The molecule has 21 heavy (non-hydrogen) atoms. The highest BCUT2D eigenvalue weighted by Crippen LogP contribution is 2.47. The predicted octanol–water partition coefficient (Wildman–Crippen LogP) is 2.11. The van der Waals surface area contributed by atoms with Gasteiger partial charge in [-0.1, -0.05) is 12.1 Å². The van der Waals surface area contributed by atoms with Crippen LogP contribution >= 0.6 is 0 Å². The molecule has 0 unspecified atom stereocenters. The molecule has 2 rings (SSSR count). The minimum atomic E-state index is -0.221. The Balaban J connectivity index is 1.72. The van der Waals surface area contributed by atoms with E-state index in [-0.39, 0.29) is 17.3 Å². The summed E-state index contributed by atoms with van der Waals surface area (Å²) in [4.78, 5) is 13.8. The molecule has 0 saturated heterocycles. The summed E-state index contributed by atoms with van der Waals surface area (Å²) in [7, 11) is 4.03. The topological polar surface area (TPSA) is 44.4 Å². The normalized spacial score (nSPS) is 15.8. The molecule has 0 spiro atoms. The molecule has 1 aromatic rings. The van der Waals surface area contributed by atoms with Crippen LogP contribution in [0.15, 0.2) is 24.3 Å². The molecular formula is C16H24FN3O. The van der Waals surface area contributed by atoms with Crippen molar-refractivity contribution < 1.29 is 9.18 Å². The number of rotatable bonds is 7. The number of hydrogen-bond acceptors (Lipinski definition) is 2. The van der Waals surface area contributed by atoms with Gasteiger partial charge in [-0.05, 0) is 57.6 Å². The van der Waals surface area contributed by atoms with Crippen LogP contribution in [0.25, 0.3) is 0 Å². The van der Waals surface area contributed by atoms with Gasteiger partial charge in [0.2, 0.25) is 0 Å². The number of halogens is 1. The van der Waals surface area contributed by atoms with Crippen LogP contribution in [0.2, 0.25) is 0 Å². The lowest BCUT2D eigenvalue weighted by Gasteiger charge is -2.17. The Morgan fingerprint density at radius 1 is 1.24 bits per heavy atom. The molecule has 116 valence electrons. The summed E-state index contributed by atoms with van der Waals surface area (Å²) < 4.78 is 13.0. The summed E-state index contributed by atoms with van der Waals surface area (Å²) in [5, 5.41) is 5.79. The highest BCUT2D eigenvalue weighted by Gasteiger charge is 2.44. The minimum Gasteiger partial charge on any atom is -0.338 e. The molecule has 5 heteroatoms. The summed E-state index contributed by atoms with van der Waals surface area (Å²) >= 11 is 0. The number of nitrogens with zero attached hydrogens (tertiary/aromatic N) is 1. The van der Waals surface area contributed by atoms with Gasteiger partial charge >= 0.3 is 6.03 Å². The molecule has 0 aliphatic heterocycles. The Morgan fingerprint density at radius 3 is 2.48 bits per heavy atom. The van der Waals surface area contributed by atoms with E-state index in [9.17, 15) is 9.18 Å². The molecule has 0 bridgehead atoms. The molecule has 2 amide bonds. The Bertz CT molecular complexity index is 469. The van der Waals surface area contributed by atoms with Crippen molar-refractivity contribution in [2.45, 2.75) is 24.7 Å². The van der Waals surface area contributed by atoms with E-state index in [1.165, 1.54) is 12.1 Å². The van der Waals surface area contributed by atoms with Crippen molar-refractivity contribution in [1.82, 2.24) is 15.5 Å². The molecule has 1 aliphatic rings. The lowest BCUT2D eigenvalue weighted by atomic mass is 9.96. The standard InChI is InChI=1S/C16H24FN3O/c1-20(2)11-3-10-18-15(21)19-12-16(8-9-16)13-4-6-14(17)7-5-13/h4-7H,3,8-12H2,1-2H3,(H2,18,19,21). The van der Waals surface area contributed by atoms with Gasteiger partial charge < -0.3 is 15.5 Å². The number of urea groups is 1. The number of carbonyl (C=O) groups excluding carboxylic acids is 1. The molecule has 1 saturated carbocycles. The van der Waals surface area contributed by atoms with Gasteiger partial charge in [-0.3, -0.25) is 0 Å². The average molecular weight is 293 g/mol. The Morgan fingerprint density at radius 2 is 1.90 bits per heavy atom. The van der Waals surface area contributed by atoms with Gasteiger partial charge in [0, 0.05) is 18.5 Å².